The van der Waals surface area contributed by atoms with Gasteiger partial charge in [-0.05, 0) is 0 Å². The summed E-state index contributed by atoms with van der Waals surface area (Å²) in [4.78, 5) is 17.2. The van der Waals surface area contributed by atoms with Crippen molar-refractivity contribution in [3.63, 3.8) is 0 Å². The van der Waals surface area contributed by atoms with Gasteiger partial charge in [0.15, 0.2) is 5.65 Å². The van der Waals surface area contributed by atoms with Gasteiger partial charge >= 0.3 is 0 Å². The summed E-state index contributed by atoms with van der Waals surface area (Å²) in [5, 5.41) is 6.35. The molecule has 0 atom stereocenters. The van der Waals surface area contributed by atoms with E-state index >= 15 is 0 Å². The topological polar surface area (TPSA) is 126 Å². The molecule has 6 N–H and O–H groups in total. The highest BCUT2D eigenvalue weighted by Gasteiger charge is 2.07. The van der Waals surface area contributed by atoms with Crippen LogP contribution in [0.4, 0.5) is 11.8 Å². The van der Waals surface area contributed by atoms with Gasteiger partial charge < -0.3 is 11.5 Å². The van der Waals surface area contributed by atoms with Gasteiger partial charge in [-0.15, -0.1) is 0 Å². The van der Waals surface area contributed by atoms with Crippen molar-refractivity contribution in [3.8, 4) is 0 Å². The number of nitrogens with zero attached hydrogens (tertiary/aromatic N) is 2. The molecular formula is C5H6N6O. The van der Waals surface area contributed by atoms with Crippen molar-refractivity contribution in [1.29, 1.82) is 0 Å². The summed E-state index contributed by atoms with van der Waals surface area (Å²) in [6.07, 6.45) is 0. The zero-order valence-corrected chi connectivity index (χ0v) is 5.96. The lowest BCUT2D eigenvalue weighted by Gasteiger charge is -1.90. The first kappa shape index (κ1) is 6.65. The molecule has 0 aliphatic carbocycles. The first-order chi connectivity index (χ1) is 5.68. The third-order valence-corrected chi connectivity index (χ3v) is 1.47. The number of fused-ring (bicyclic) bond motifs is 1. The molecule has 0 saturated heterocycles. The van der Waals surface area contributed by atoms with E-state index in [1.807, 2.05) is 0 Å². The van der Waals surface area contributed by atoms with Crippen molar-refractivity contribution in [2.24, 2.45) is 0 Å². The van der Waals surface area contributed by atoms with E-state index in [9.17, 15) is 4.79 Å². The minimum atomic E-state index is -0.385. The molecule has 12 heavy (non-hydrogen) atoms. The molecule has 2 heterocycles. The lowest BCUT2D eigenvalue weighted by atomic mass is 10.4. The van der Waals surface area contributed by atoms with E-state index in [0.717, 1.165) is 0 Å². The minimum absolute atomic E-state index is 0.0269. The normalized spacial score (nSPS) is 10.7. The summed E-state index contributed by atoms with van der Waals surface area (Å²) in [5.74, 6) is 0.220. The van der Waals surface area contributed by atoms with Gasteiger partial charge in [0.2, 0.25) is 5.95 Å². The third-order valence-electron chi connectivity index (χ3n) is 1.47. The van der Waals surface area contributed by atoms with Crippen LogP contribution in [0.2, 0.25) is 0 Å². The summed E-state index contributed by atoms with van der Waals surface area (Å²) in [7, 11) is 0. The van der Waals surface area contributed by atoms with Gasteiger partial charge in [-0.25, -0.2) is 0 Å². The Morgan fingerprint density at radius 2 is 2.08 bits per heavy atom. The van der Waals surface area contributed by atoms with Gasteiger partial charge in [0.05, 0.1) is 0 Å². The van der Waals surface area contributed by atoms with Crippen LogP contribution in [0, 0.1) is 0 Å². The number of H-pyrrole nitrogens is 2. The Bertz CT molecular complexity index is 482. The Morgan fingerprint density at radius 3 is 2.83 bits per heavy atom. The van der Waals surface area contributed by atoms with Gasteiger partial charge in [-0.1, -0.05) is 0 Å². The Labute approximate surface area is 65.8 Å². The smallest absolute Gasteiger partial charge is 0.265 e. The van der Waals surface area contributed by atoms with Crippen LogP contribution in [0.3, 0.4) is 0 Å². The maximum absolute atomic E-state index is 11.2. The summed E-state index contributed by atoms with van der Waals surface area (Å²) in [5.41, 5.74) is 10.5. The van der Waals surface area contributed by atoms with E-state index in [0.29, 0.717) is 0 Å². The van der Waals surface area contributed by atoms with Gasteiger partial charge in [0.25, 0.3) is 5.56 Å². The van der Waals surface area contributed by atoms with Crippen LogP contribution in [0.5, 0.6) is 0 Å². The average Bonchev–Trinajstić information content (AvgIpc) is 2.31. The van der Waals surface area contributed by atoms with Crippen LogP contribution >= 0.6 is 0 Å². The van der Waals surface area contributed by atoms with Gasteiger partial charge in [0.1, 0.15) is 11.2 Å². The van der Waals surface area contributed by atoms with Crippen LogP contribution in [0.25, 0.3) is 11.0 Å². The Balaban J connectivity index is 3.03. The predicted molar refractivity (Wildman–Crippen MR) is 43.3 cm³/mol. The minimum Gasteiger partial charge on any atom is -0.383 e. The molecular weight excluding hydrogens is 160 g/mol. The van der Waals surface area contributed by atoms with E-state index in [1.165, 1.54) is 0 Å². The number of nitrogens with two attached hydrogens (primary N) is 2. The average molecular weight is 166 g/mol. The molecule has 2 rings (SSSR count). The molecule has 0 amide bonds. The number of nitrogens with one attached hydrogen (secondary N) is 2. The quantitative estimate of drug-likeness (QED) is 0.391. The maximum Gasteiger partial charge on any atom is 0.265 e. The summed E-state index contributed by atoms with van der Waals surface area (Å²) in [6, 6.07) is 0. The van der Waals surface area contributed by atoms with Crippen LogP contribution in [-0.4, -0.2) is 20.2 Å². The van der Waals surface area contributed by atoms with E-state index in [4.69, 9.17) is 11.5 Å². The molecule has 0 radical (unpaired) electrons. The molecule has 0 fully saturated rings. The van der Waals surface area contributed by atoms with Crippen LogP contribution < -0.4 is 17.0 Å². The van der Waals surface area contributed by atoms with E-state index in [1.54, 1.807) is 0 Å². The SMILES string of the molecule is Nc1nc2n[nH]c(N)c2c(=O)[nH]1. The molecule has 0 aromatic carbocycles. The fraction of sp³-hybridized carbons (Fsp3) is 0. The van der Waals surface area contributed by atoms with Gasteiger partial charge in [-0.2, -0.15) is 10.1 Å². The molecule has 0 unspecified atom stereocenters. The van der Waals surface area contributed by atoms with Gasteiger partial charge in [-0.3, -0.25) is 14.9 Å². The molecule has 0 saturated carbocycles. The number of hydrogen-bond donors (Lipinski definition) is 4. The Hall–Kier alpha value is -2.05. The summed E-state index contributed by atoms with van der Waals surface area (Å²) < 4.78 is 0. The highest BCUT2D eigenvalue weighted by atomic mass is 16.1. The molecule has 2 aromatic heterocycles. The van der Waals surface area contributed by atoms with Gasteiger partial charge in [0, 0.05) is 0 Å². The zero-order valence-electron chi connectivity index (χ0n) is 5.96. The number of aromatic nitrogens is 4. The standard InChI is InChI=1S/C5H6N6O/c6-2-1-3(11-10-2)8-5(7)9-4(1)12/h(H6,6,7,8,9,10,11,12). The number of nitrogen functional groups attached to an aromatic ring is 2. The Kier molecular flexibility index (Phi) is 1.09. The lowest BCUT2D eigenvalue weighted by Crippen LogP contribution is -2.11. The molecule has 0 spiro atoms. The van der Waals surface area contributed by atoms with Crippen molar-refractivity contribution in [2.45, 2.75) is 0 Å². The van der Waals surface area contributed by atoms with Crippen LogP contribution in [0.1, 0.15) is 0 Å². The van der Waals surface area contributed by atoms with Crippen molar-refractivity contribution < 1.29 is 0 Å². The fourth-order valence-corrected chi connectivity index (χ4v) is 0.971. The molecule has 7 heteroatoms. The molecule has 7 nitrogen and oxygen atoms in total. The molecule has 0 aliphatic heterocycles. The predicted octanol–water partition coefficient (Wildman–Crippen LogP) is -1.19. The van der Waals surface area contributed by atoms with E-state index in [2.05, 4.69) is 20.2 Å². The van der Waals surface area contributed by atoms with E-state index < -0.39 is 0 Å². The van der Waals surface area contributed by atoms with Crippen molar-refractivity contribution in [3.05, 3.63) is 10.4 Å². The second kappa shape index (κ2) is 1.97. The summed E-state index contributed by atoms with van der Waals surface area (Å²) >= 11 is 0. The summed E-state index contributed by atoms with van der Waals surface area (Å²) in [6.45, 7) is 0. The number of rotatable bonds is 0. The second-order valence-corrected chi connectivity index (χ2v) is 2.29. The lowest BCUT2D eigenvalue weighted by molar-refractivity contribution is 1.09. The molecule has 62 valence electrons. The molecule has 0 aliphatic rings. The maximum atomic E-state index is 11.2. The first-order valence-electron chi connectivity index (χ1n) is 3.18. The Morgan fingerprint density at radius 1 is 1.33 bits per heavy atom. The largest absolute Gasteiger partial charge is 0.383 e. The molecule has 0 bridgehead atoms. The highest BCUT2D eigenvalue weighted by molar-refractivity contribution is 5.85. The number of hydrogen-bond acceptors (Lipinski definition) is 5. The highest BCUT2D eigenvalue weighted by Crippen LogP contribution is 2.09. The molecule has 2 aromatic rings. The van der Waals surface area contributed by atoms with Crippen LogP contribution in [-0.2, 0) is 0 Å². The zero-order chi connectivity index (χ0) is 8.72. The number of anilines is 2. The van der Waals surface area contributed by atoms with E-state index in [-0.39, 0.29) is 28.4 Å². The first-order valence-corrected chi connectivity index (χ1v) is 3.18. The fourth-order valence-electron chi connectivity index (χ4n) is 0.971. The van der Waals surface area contributed by atoms with Crippen molar-refractivity contribution in [1.82, 2.24) is 20.2 Å². The van der Waals surface area contributed by atoms with Crippen molar-refractivity contribution in [2.75, 3.05) is 11.5 Å². The van der Waals surface area contributed by atoms with Crippen molar-refractivity contribution >= 4 is 22.8 Å². The number of aromatic amines is 2. The monoisotopic (exact) mass is 166 g/mol. The van der Waals surface area contributed by atoms with Crippen LogP contribution in [0.15, 0.2) is 4.79 Å². The third kappa shape index (κ3) is 0.729. The second-order valence-electron chi connectivity index (χ2n) is 2.29.